The Balaban J connectivity index is 1.76. The maximum atomic E-state index is 4.92. The van der Waals surface area contributed by atoms with Crippen molar-refractivity contribution < 1.29 is 0 Å². The minimum Gasteiger partial charge on any atom is -0.291 e. The van der Waals surface area contributed by atoms with E-state index in [1.165, 1.54) is 5.56 Å². The Morgan fingerprint density at radius 2 is 1.42 bits per heavy atom. The first-order valence-electron chi connectivity index (χ1n) is 8.79. The van der Waals surface area contributed by atoms with E-state index in [0.717, 1.165) is 28.6 Å². The highest BCUT2D eigenvalue weighted by atomic mass is 15.7. The van der Waals surface area contributed by atoms with Gasteiger partial charge in [-0.25, -0.2) is 4.99 Å². The summed E-state index contributed by atoms with van der Waals surface area (Å²) in [4.78, 5) is 7.14. The standard InChI is InChI=1S/C22H22N4/c1-17-10-6-8-14-20(17)23-22-24-26(19-12-4-3-5-13-19)16-25(22)21-15-9-7-11-18(21)2/h3-15H,16H2,1-2H3,(H,23,24). The van der Waals surface area contributed by atoms with Gasteiger partial charge in [-0.3, -0.25) is 15.3 Å². The first-order valence-corrected chi connectivity index (χ1v) is 8.79. The third kappa shape index (κ3) is 3.14. The molecule has 3 aromatic carbocycles. The number of hydrazine groups is 1. The summed E-state index contributed by atoms with van der Waals surface area (Å²) in [6.07, 6.45) is 0. The van der Waals surface area contributed by atoms with E-state index < -0.39 is 0 Å². The van der Waals surface area contributed by atoms with E-state index in [-0.39, 0.29) is 0 Å². The van der Waals surface area contributed by atoms with E-state index in [2.05, 4.69) is 71.6 Å². The number of hydrogen-bond acceptors (Lipinski definition) is 2. The van der Waals surface area contributed by atoms with Crippen LogP contribution in [0.1, 0.15) is 11.1 Å². The fraction of sp³-hybridized carbons (Fsp3) is 0.136. The molecule has 0 saturated carbocycles. The second kappa shape index (κ2) is 6.92. The van der Waals surface area contributed by atoms with Crippen molar-refractivity contribution in [1.82, 2.24) is 5.43 Å². The number of nitrogens with one attached hydrogen (secondary N) is 1. The van der Waals surface area contributed by atoms with Gasteiger partial charge in [0.15, 0.2) is 0 Å². The van der Waals surface area contributed by atoms with Crippen molar-refractivity contribution in [2.24, 2.45) is 4.99 Å². The van der Waals surface area contributed by atoms with Crippen molar-refractivity contribution in [3.05, 3.63) is 90.0 Å². The third-order valence-electron chi connectivity index (χ3n) is 4.59. The summed E-state index contributed by atoms with van der Waals surface area (Å²) in [6.45, 7) is 4.91. The largest absolute Gasteiger partial charge is 0.291 e. The molecule has 4 heteroatoms. The molecule has 1 aliphatic heterocycles. The van der Waals surface area contributed by atoms with E-state index in [9.17, 15) is 0 Å². The van der Waals surface area contributed by atoms with Gasteiger partial charge in [-0.05, 0) is 49.2 Å². The number of benzene rings is 3. The third-order valence-corrected chi connectivity index (χ3v) is 4.59. The van der Waals surface area contributed by atoms with Crippen molar-refractivity contribution in [3.63, 3.8) is 0 Å². The summed E-state index contributed by atoms with van der Waals surface area (Å²) >= 11 is 0. The fourth-order valence-corrected chi connectivity index (χ4v) is 3.12. The van der Waals surface area contributed by atoms with E-state index in [1.54, 1.807) is 0 Å². The molecule has 4 nitrogen and oxygen atoms in total. The Morgan fingerprint density at radius 3 is 2.15 bits per heavy atom. The topological polar surface area (TPSA) is 30.9 Å². The molecule has 4 rings (SSSR count). The van der Waals surface area contributed by atoms with E-state index in [1.807, 2.05) is 36.4 Å². The van der Waals surface area contributed by atoms with Crippen LogP contribution in [-0.2, 0) is 0 Å². The van der Waals surface area contributed by atoms with Crippen molar-refractivity contribution in [2.45, 2.75) is 13.8 Å². The number of para-hydroxylation sites is 3. The fourth-order valence-electron chi connectivity index (χ4n) is 3.12. The van der Waals surface area contributed by atoms with Gasteiger partial charge in [0.2, 0.25) is 5.96 Å². The second-order valence-electron chi connectivity index (χ2n) is 6.45. The SMILES string of the molecule is Cc1ccccc1N=C1NN(c2ccccc2)CN1c1ccccc1C. The van der Waals surface area contributed by atoms with Gasteiger partial charge < -0.3 is 0 Å². The van der Waals surface area contributed by atoms with Gasteiger partial charge in [0.05, 0.1) is 11.4 Å². The van der Waals surface area contributed by atoms with Gasteiger partial charge in [0.25, 0.3) is 0 Å². The predicted molar refractivity (Wildman–Crippen MR) is 109 cm³/mol. The summed E-state index contributed by atoms with van der Waals surface area (Å²) in [6, 6.07) is 26.9. The number of aryl methyl sites for hydroxylation is 2. The number of rotatable bonds is 3. The van der Waals surface area contributed by atoms with Crippen molar-refractivity contribution >= 4 is 23.0 Å². The van der Waals surface area contributed by atoms with Crippen molar-refractivity contribution in [2.75, 3.05) is 16.6 Å². The lowest BCUT2D eigenvalue weighted by molar-refractivity contribution is 0.854. The zero-order chi connectivity index (χ0) is 17.9. The van der Waals surface area contributed by atoms with Gasteiger partial charge >= 0.3 is 0 Å². The van der Waals surface area contributed by atoms with Crippen molar-refractivity contribution in [1.29, 1.82) is 0 Å². The summed E-state index contributed by atoms with van der Waals surface area (Å²) in [5.74, 6) is 0.831. The first kappa shape index (κ1) is 16.2. The maximum Gasteiger partial charge on any atom is 0.224 e. The van der Waals surface area contributed by atoms with Crippen LogP contribution in [0.3, 0.4) is 0 Å². The molecule has 130 valence electrons. The number of guanidine groups is 1. The minimum absolute atomic E-state index is 0.694. The Bertz CT molecular complexity index is 934. The van der Waals surface area contributed by atoms with Gasteiger partial charge in [-0.1, -0.05) is 54.6 Å². The van der Waals surface area contributed by atoms with Crippen LogP contribution in [0.4, 0.5) is 17.1 Å². The molecule has 0 aliphatic carbocycles. The summed E-state index contributed by atoms with van der Waals surface area (Å²) in [5, 5.41) is 2.11. The van der Waals surface area contributed by atoms with E-state index >= 15 is 0 Å². The average molecular weight is 342 g/mol. The number of nitrogens with zero attached hydrogens (tertiary/aromatic N) is 3. The molecule has 1 saturated heterocycles. The monoisotopic (exact) mass is 342 g/mol. The Morgan fingerprint density at radius 1 is 0.769 bits per heavy atom. The highest BCUT2D eigenvalue weighted by Gasteiger charge is 2.27. The van der Waals surface area contributed by atoms with Gasteiger partial charge in [0.1, 0.15) is 6.67 Å². The quantitative estimate of drug-likeness (QED) is 0.743. The summed E-state index contributed by atoms with van der Waals surface area (Å²) in [5.41, 5.74) is 9.09. The van der Waals surface area contributed by atoms with Crippen LogP contribution in [0, 0.1) is 13.8 Å². The lowest BCUT2D eigenvalue weighted by atomic mass is 10.2. The van der Waals surface area contributed by atoms with Crippen LogP contribution in [0.2, 0.25) is 0 Å². The van der Waals surface area contributed by atoms with Crippen molar-refractivity contribution in [3.8, 4) is 0 Å². The number of hydrogen-bond donors (Lipinski definition) is 1. The van der Waals surface area contributed by atoms with Crippen LogP contribution >= 0.6 is 0 Å². The van der Waals surface area contributed by atoms with Crippen LogP contribution in [0.15, 0.2) is 83.9 Å². The molecule has 1 aliphatic rings. The minimum atomic E-state index is 0.694. The molecule has 0 amide bonds. The number of aliphatic imine (C=N–C) groups is 1. The van der Waals surface area contributed by atoms with Crippen LogP contribution < -0.4 is 15.3 Å². The zero-order valence-corrected chi connectivity index (χ0v) is 15.1. The lowest BCUT2D eigenvalue weighted by Gasteiger charge is -2.20. The molecule has 0 unspecified atom stereocenters. The smallest absolute Gasteiger partial charge is 0.224 e. The first-order chi connectivity index (χ1) is 12.7. The molecule has 1 fully saturated rings. The normalized spacial score (nSPS) is 15.4. The highest BCUT2D eigenvalue weighted by molar-refractivity contribution is 6.01. The predicted octanol–water partition coefficient (Wildman–Crippen LogP) is 4.78. The number of anilines is 2. The second-order valence-corrected chi connectivity index (χ2v) is 6.45. The molecule has 0 aromatic heterocycles. The Kier molecular flexibility index (Phi) is 4.32. The summed E-state index contributed by atoms with van der Waals surface area (Å²) < 4.78 is 0. The molecule has 3 aromatic rings. The summed E-state index contributed by atoms with van der Waals surface area (Å²) in [7, 11) is 0. The molecular formula is C22H22N4. The van der Waals surface area contributed by atoms with Gasteiger partial charge in [-0.15, -0.1) is 0 Å². The van der Waals surface area contributed by atoms with Crippen LogP contribution in [0.5, 0.6) is 0 Å². The van der Waals surface area contributed by atoms with E-state index in [4.69, 9.17) is 4.99 Å². The molecule has 1 heterocycles. The van der Waals surface area contributed by atoms with Gasteiger partial charge in [0, 0.05) is 5.69 Å². The molecule has 0 spiro atoms. The molecule has 0 bridgehead atoms. The maximum absolute atomic E-state index is 4.92. The average Bonchev–Trinajstić information content (AvgIpc) is 3.08. The van der Waals surface area contributed by atoms with Crippen LogP contribution in [-0.4, -0.2) is 12.6 Å². The lowest BCUT2D eigenvalue weighted by Crippen LogP contribution is -2.33. The zero-order valence-electron chi connectivity index (χ0n) is 15.1. The van der Waals surface area contributed by atoms with Crippen LogP contribution in [0.25, 0.3) is 0 Å². The Labute approximate surface area is 154 Å². The van der Waals surface area contributed by atoms with E-state index in [0.29, 0.717) is 6.67 Å². The molecule has 0 radical (unpaired) electrons. The molecule has 0 atom stereocenters. The highest BCUT2D eigenvalue weighted by Crippen LogP contribution is 2.27. The van der Waals surface area contributed by atoms with Gasteiger partial charge in [-0.2, -0.15) is 0 Å². The molecule has 26 heavy (non-hydrogen) atoms. The Hall–Kier alpha value is -3.27. The molecular weight excluding hydrogens is 320 g/mol. The molecule has 1 N–H and O–H groups in total.